The molecule has 2 aliphatic rings. The van der Waals surface area contributed by atoms with Crippen molar-refractivity contribution in [2.75, 3.05) is 5.32 Å². The summed E-state index contributed by atoms with van der Waals surface area (Å²) in [5, 5.41) is 3.33. The lowest BCUT2D eigenvalue weighted by molar-refractivity contribution is 0.0663. The quantitative estimate of drug-likeness (QED) is 0.864. The zero-order valence-electron chi connectivity index (χ0n) is 11.7. The monoisotopic (exact) mass is 360 g/mol. The average molecular weight is 361 g/mol. The first kappa shape index (κ1) is 13.8. The summed E-state index contributed by atoms with van der Waals surface area (Å²) in [7, 11) is 0. The third kappa shape index (κ3) is 2.20. The molecule has 112 valence electrons. The van der Waals surface area contributed by atoms with Gasteiger partial charge in [-0.2, -0.15) is 0 Å². The predicted molar refractivity (Wildman–Crippen MR) is 86.1 cm³/mol. The Labute approximate surface area is 136 Å². The van der Waals surface area contributed by atoms with Crippen LogP contribution >= 0.6 is 15.9 Å². The zero-order valence-corrected chi connectivity index (χ0v) is 13.3. The maximum Gasteiger partial charge on any atom is 0.258 e. The van der Waals surface area contributed by atoms with Gasteiger partial charge in [-0.3, -0.25) is 4.79 Å². The SMILES string of the molecule is O=C1c2ccccc2NC(c2ccc(Br)cc2F)N1C1CC1. The molecule has 1 N–H and O–H groups in total. The molecule has 3 nitrogen and oxygen atoms in total. The van der Waals surface area contributed by atoms with E-state index in [1.807, 2.05) is 24.3 Å². The number of nitrogens with zero attached hydrogens (tertiary/aromatic N) is 1. The number of hydrogen-bond donors (Lipinski definition) is 1. The van der Waals surface area contributed by atoms with Crippen LogP contribution < -0.4 is 5.32 Å². The van der Waals surface area contributed by atoms with Gasteiger partial charge in [-0.1, -0.05) is 34.1 Å². The minimum atomic E-state index is -0.456. The van der Waals surface area contributed by atoms with Crippen molar-refractivity contribution in [2.45, 2.75) is 25.0 Å². The van der Waals surface area contributed by atoms with Crippen molar-refractivity contribution in [3.05, 3.63) is 63.9 Å². The van der Waals surface area contributed by atoms with E-state index < -0.39 is 6.17 Å². The minimum Gasteiger partial charge on any atom is -0.361 e. The Kier molecular flexibility index (Phi) is 3.18. The number of hydrogen-bond acceptors (Lipinski definition) is 2. The summed E-state index contributed by atoms with van der Waals surface area (Å²) in [5.41, 5.74) is 1.91. The van der Waals surface area contributed by atoms with E-state index in [0.29, 0.717) is 15.6 Å². The van der Waals surface area contributed by atoms with Crippen molar-refractivity contribution in [3.8, 4) is 0 Å². The Morgan fingerprint density at radius 1 is 1.18 bits per heavy atom. The van der Waals surface area contributed by atoms with E-state index in [2.05, 4.69) is 21.2 Å². The topological polar surface area (TPSA) is 32.3 Å². The van der Waals surface area contributed by atoms with Crippen LogP contribution in [0, 0.1) is 5.82 Å². The number of nitrogens with one attached hydrogen (secondary N) is 1. The van der Waals surface area contributed by atoms with Crippen LogP contribution in [-0.4, -0.2) is 16.8 Å². The van der Waals surface area contributed by atoms with Gasteiger partial charge in [0.15, 0.2) is 0 Å². The van der Waals surface area contributed by atoms with Gasteiger partial charge in [0.25, 0.3) is 5.91 Å². The molecule has 1 heterocycles. The summed E-state index contributed by atoms with van der Waals surface area (Å²) in [6, 6.07) is 12.6. The van der Waals surface area contributed by atoms with E-state index in [4.69, 9.17) is 0 Å². The smallest absolute Gasteiger partial charge is 0.258 e. The number of amides is 1. The number of para-hydroxylation sites is 1. The lowest BCUT2D eigenvalue weighted by Crippen LogP contribution is -2.44. The van der Waals surface area contributed by atoms with Gasteiger partial charge in [0.05, 0.1) is 5.56 Å². The Morgan fingerprint density at radius 3 is 2.68 bits per heavy atom. The molecule has 4 rings (SSSR count). The van der Waals surface area contributed by atoms with E-state index >= 15 is 0 Å². The van der Waals surface area contributed by atoms with E-state index in [1.54, 1.807) is 17.0 Å². The van der Waals surface area contributed by atoms with Crippen LogP contribution in [0.1, 0.15) is 34.9 Å². The Hall–Kier alpha value is -1.88. The number of halogens is 2. The fraction of sp³-hybridized carbons (Fsp3) is 0.235. The molecular formula is C17H14BrFN2O. The first-order valence-electron chi connectivity index (χ1n) is 7.28. The van der Waals surface area contributed by atoms with Crippen LogP contribution in [0.2, 0.25) is 0 Å². The van der Waals surface area contributed by atoms with E-state index in [0.717, 1.165) is 18.5 Å². The predicted octanol–water partition coefficient (Wildman–Crippen LogP) is 4.32. The van der Waals surface area contributed by atoms with Crippen LogP contribution in [0.25, 0.3) is 0 Å². The van der Waals surface area contributed by atoms with Crippen molar-refractivity contribution in [2.24, 2.45) is 0 Å². The molecule has 0 radical (unpaired) electrons. The first-order valence-corrected chi connectivity index (χ1v) is 8.07. The van der Waals surface area contributed by atoms with Crippen molar-refractivity contribution in [1.29, 1.82) is 0 Å². The van der Waals surface area contributed by atoms with Gasteiger partial charge in [-0.25, -0.2) is 4.39 Å². The lowest BCUT2D eigenvalue weighted by atomic mass is 10.0. The van der Waals surface area contributed by atoms with Gasteiger partial charge >= 0.3 is 0 Å². The van der Waals surface area contributed by atoms with Crippen LogP contribution in [0.4, 0.5) is 10.1 Å². The Bertz CT molecular complexity index is 760. The molecule has 2 aromatic carbocycles. The highest BCUT2D eigenvalue weighted by Gasteiger charge is 2.42. The fourth-order valence-electron chi connectivity index (χ4n) is 2.95. The lowest BCUT2D eigenvalue weighted by Gasteiger charge is -2.38. The molecule has 1 aliphatic carbocycles. The standard InChI is InChI=1S/C17H14BrFN2O/c18-10-5-8-12(14(19)9-10)16-20-15-4-2-1-3-13(15)17(22)21(16)11-6-7-11/h1-5,8-9,11,16,20H,6-7H2. The fourth-order valence-corrected chi connectivity index (χ4v) is 3.28. The molecule has 1 aliphatic heterocycles. The number of benzene rings is 2. The van der Waals surface area contributed by atoms with E-state index in [1.165, 1.54) is 6.07 Å². The second kappa shape index (κ2) is 5.09. The summed E-state index contributed by atoms with van der Waals surface area (Å²) in [6.45, 7) is 0. The first-order chi connectivity index (χ1) is 10.6. The van der Waals surface area contributed by atoms with E-state index in [-0.39, 0.29) is 17.8 Å². The summed E-state index contributed by atoms with van der Waals surface area (Å²) in [6.07, 6.45) is 1.50. The number of carbonyl (C=O) groups excluding carboxylic acids is 1. The number of anilines is 1. The van der Waals surface area contributed by atoms with Crippen LogP contribution in [0.3, 0.4) is 0 Å². The molecular weight excluding hydrogens is 347 g/mol. The maximum atomic E-state index is 14.4. The molecule has 5 heteroatoms. The zero-order chi connectivity index (χ0) is 15.3. The highest BCUT2D eigenvalue weighted by atomic mass is 79.9. The number of carbonyl (C=O) groups is 1. The van der Waals surface area contributed by atoms with Gasteiger partial charge in [0.1, 0.15) is 12.0 Å². The van der Waals surface area contributed by atoms with Crippen molar-refractivity contribution in [1.82, 2.24) is 4.90 Å². The van der Waals surface area contributed by atoms with Gasteiger partial charge in [-0.15, -0.1) is 0 Å². The molecule has 0 aromatic heterocycles. The highest BCUT2D eigenvalue weighted by Crippen LogP contribution is 2.41. The van der Waals surface area contributed by atoms with Crippen molar-refractivity contribution < 1.29 is 9.18 Å². The molecule has 2 aromatic rings. The molecule has 1 atom stereocenters. The van der Waals surface area contributed by atoms with Crippen LogP contribution in [0.15, 0.2) is 46.9 Å². The van der Waals surface area contributed by atoms with Crippen molar-refractivity contribution in [3.63, 3.8) is 0 Å². The molecule has 1 fully saturated rings. The van der Waals surface area contributed by atoms with Gasteiger partial charge in [0, 0.05) is 21.8 Å². The van der Waals surface area contributed by atoms with E-state index in [9.17, 15) is 9.18 Å². The van der Waals surface area contributed by atoms with Gasteiger partial charge in [-0.05, 0) is 37.1 Å². The maximum absolute atomic E-state index is 14.4. The van der Waals surface area contributed by atoms with Crippen LogP contribution in [-0.2, 0) is 0 Å². The molecule has 1 amide bonds. The second-order valence-corrected chi connectivity index (χ2v) is 6.62. The minimum absolute atomic E-state index is 0.0239. The summed E-state index contributed by atoms with van der Waals surface area (Å²) in [4.78, 5) is 14.6. The van der Waals surface area contributed by atoms with Gasteiger partial charge < -0.3 is 10.2 Å². The molecule has 22 heavy (non-hydrogen) atoms. The average Bonchev–Trinajstić information content (AvgIpc) is 3.32. The van der Waals surface area contributed by atoms with Crippen LogP contribution in [0.5, 0.6) is 0 Å². The Balaban J connectivity index is 1.82. The second-order valence-electron chi connectivity index (χ2n) is 5.70. The highest BCUT2D eigenvalue weighted by molar-refractivity contribution is 9.10. The van der Waals surface area contributed by atoms with Gasteiger partial charge in [0.2, 0.25) is 0 Å². The van der Waals surface area contributed by atoms with Crippen molar-refractivity contribution >= 4 is 27.5 Å². The third-order valence-corrected chi connectivity index (χ3v) is 4.65. The molecule has 0 bridgehead atoms. The summed E-state index contributed by atoms with van der Waals surface area (Å²) >= 11 is 3.27. The number of fused-ring (bicyclic) bond motifs is 1. The summed E-state index contributed by atoms with van der Waals surface area (Å²) in [5.74, 6) is -0.339. The Morgan fingerprint density at radius 2 is 1.95 bits per heavy atom. The largest absolute Gasteiger partial charge is 0.361 e. The number of rotatable bonds is 2. The molecule has 0 spiro atoms. The summed E-state index contributed by atoms with van der Waals surface area (Å²) < 4.78 is 15.1. The molecule has 1 unspecified atom stereocenters. The molecule has 1 saturated carbocycles. The third-order valence-electron chi connectivity index (χ3n) is 4.16. The normalized spacial score (nSPS) is 20.5. The molecule has 0 saturated heterocycles.